The highest BCUT2D eigenvalue weighted by atomic mass is 16.6. The molecule has 7 heteroatoms. The molecule has 126 valence electrons. The van der Waals surface area contributed by atoms with E-state index in [1.54, 1.807) is 12.3 Å². The molecular formula is C16H23N3O4. The van der Waals surface area contributed by atoms with E-state index in [4.69, 9.17) is 9.47 Å². The Morgan fingerprint density at radius 3 is 2.74 bits per heavy atom. The normalized spacial score (nSPS) is 23.0. The van der Waals surface area contributed by atoms with Gasteiger partial charge in [0.05, 0.1) is 24.5 Å². The molecule has 2 fully saturated rings. The van der Waals surface area contributed by atoms with Crippen LogP contribution in [-0.4, -0.2) is 48.4 Å². The van der Waals surface area contributed by atoms with Crippen LogP contribution in [-0.2, 0) is 9.47 Å². The van der Waals surface area contributed by atoms with Gasteiger partial charge in [-0.2, -0.15) is 0 Å². The van der Waals surface area contributed by atoms with Gasteiger partial charge in [-0.25, -0.2) is 0 Å². The molecule has 2 aliphatic rings. The van der Waals surface area contributed by atoms with Gasteiger partial charge in [-0.15, -0.1) is 0 Å². The van der Waals surface area contributed by atoms with Crippen molar-refractivity contribution >= 4 is 11.5 Å². The van der Waals surface area contributed by atoms with Crippen molar-refractivity contribution in [3.8, 4) is 0 Å². The zero-order valence-corrected chi connectivity index (χ0v) is 13.2. The second-order valence-electron chi connectivity index (χ2n) is 6.14. The monoisotopic (exact) mass is 321 g/mol. The lowest BCUT2D eigenvalue weighted by atomic mass is 10.1. The number of anilines is 1. The summed E-state index contributed by atoms with van der Waals surface area (Å²) in [6.07, 6.45) is 7.55. The summed E-state index contributed by atoms with van der Waals surface area (Å²) in [6.45, 7) is 3.33. The molecule has 0 unspecified atom stereocenters. The third kappa shape index (κ3) is 4.39. The van der Waals surface area contributed by atoms with Crippen LogP contribution in [0.1, 0.15) is 32.1 Å². The fourth-order valence-corrected chi connectivity index (χ4v) is 3.14. The van der Waals surface area contributed by atoms with Crippen LogP contribution in [0.4, 0.5) is 11.5 Å². The van der Waals surface area contributed by atoms with E-state index in [1.165, 1.54) is 12.5 Å². The van der Waals surface area contributed by atoms with Crippen LogP contribution in [0.2, 0.25) is 0 Å². The summed E-state index contributed by atoms with van der Waals surface area (Å²) < 4.78 is 11.7. The van der Waals surface area contributed by atoms with Crippen molar-refractivity contribution in [1.29, 1.82) is 0 Å². The molecule has 0 aromatic carbocycles. The number of aromatic nitrogens is 1. The van der Waals surface area contributed by atoms with E-state index in [0.717, 1.165) is 51.1 Å². The van der Waals surface area contributed by atoms with Crippen LogP contribution in [0.3, 0.4) is 0 Å². The third-order valence-corrected chi connectivity index (χ3v) is 4.52. The van der Waals surface area contributed by atoms with Gasteiger partial charge in [0.15, 0.2) is 6.20 Å². The van der Waals surface area contributed by atoms with Crippen LogP contribution in [0.5, 0.6) is 0 Å². The van der Waals surface area contributed by atoms with Crippen molar-refractivity contribution in [2.24, 2.45) is 0 Å². The average Bonchev–Trinajstić information content (AvgIpc) is 2.61. The van der Waals surface area contributed by atoms with Crippen molar-refractivity contribution in [1.82, 2.24) is 4.98 Å². The first-order valence-corrected chi connectivity index (χ1v) is 8.31. The van der Waals surface area contributed by atoms with Crippen molar-refractivity contribution in [3.63, 3.8) is 0 Å². The molecule has 0 bridgehead atoms. The van der Waals surface area contributed by atoms with Gasteiger partial charge in [-0.1, -0.05) is 0 Å². The number of hydrogen-bond acceptors (Lipinski definition) is 6. The molecule has 0 aliphatic carbocycles. The first-order chi connectivity index (χ1) is 11.2. The Morgan fingerprint density at radius 2 is 2.13 bits per heavy atom. The highest BCUT2D eigenvalue weighted by Gasteiger charge is 2.23. The van der Waals surface area contributed by atoms with E-state index in [9.17, 15) is 10.1 Å². The summed E-state index contributed by atoms with van der Waals surface area (Å²) >= 11 is 0. The molecule has 0 amide bonds. The smallest absolute Gasteiger partial charge is 0.363 e. The van der Waals surface area contributed by atoms with Gasteiger partial charge in [0.25, 0.3) is 0 Å². The SMILES string of the molecule is O=[N+]([O-])c1ccc(N2CCC(OC[C@H]3CCCCO3)CC2)cn1. The van der Waals surface area contributed by atoms with E-state index in [0.29, 0.717) is 6.61 Å². The lowest BCUT2D eigenvalue weighted by Crippen LogP contribution is -2.38. The molecule has 7 nitrogen and oxygen atoms in total. The van der Waals surface area contributed by atoms with Gasteiger partial charge >= 0.3 is 5.82 Å². The van der Waals surface area contributed by atoms with Gasteiger partial charge in [-0.3, -0.25) is 0 Å². The molecule has 0 saturated carbocycles. The first kappa shape index (κ1) is 16.1. The molecule has 2 aliphatic heterocycles. The minimum atomic E-state index is -0.475. The van der Waals surface area contributed by atoms with Gasteiger partial charge < -0.3 is 24.5 Å². The predicted octanol–water partition coefficient (Wildman–Crippen LogP) is 2.54. The maximum absolute atomic E-state index is 10.6. The van der Waals surface area contributed by atoms with E-state index in [-0.39, 0.29) is 18.0 Å². The molecule has 1 atom stereocenters. The maximum atomic E-state index is 10.6. The zero-order valence-electron chi connectivity index (χ0n) is 13.2. The molecule has 0 N–H and O–H groups in total. The lowest BCUT2D eigenvalue weighted by molar-refractivity contribution is -0.389. The van der Waals surface area contributed by atoms with Gasteiger partial charge in [0.2, 0.25) is 0 Å². The molecule has 23 heavy (non-hydrogen) atoms. The van der Waals surface area contributed by atoms with Crippen LogP contribution in [0.15, 0.2) is 18.3 Å². The Kier molecular flexibility index (Phi) is 5.40. The van der Waals surface area contributed by atoms with Gasteiger partial charge in [-0.05, 0) is 48.1 Å². The Bertz CT molecular complexity index is 509. The lowest BCUT2D eigenvalue weighted by Gasteiger charge is -2.33. The van der Waals surface area contributed by atoms with E-state index < -0.39 is 4.92 Å². The number of nitro groups is 1. The van der Waals surface area contributed by atoms with Crippen LogP contribution in [0.25, 0.3) is 0 Å². The predicted molar refractivity (Wildman–Crippen MR) is 85.7 cm³/mol. The summed E-state index contributed by atoms with van der Waals surface area (Å²) in [4.78, 5) is 16.2. The Hall–Kier alpha value is -1.73. The van der Waals surface area contributed by atoms with E-state index in [1.807, 2.05) is 0 Å². The summed E-state index contributed by atoms with van der Waals surface area (Å²) in [5.74, 6) is -0.112. The minimum Gasteiger partial charge on any atom is -0.376 e. The molecule has 1 aromatic rings. The van der Waals surface area contributed by atoms with Crippen LogP contribution < -0.4 is 4.90 Å². The van der Waals surface area contributed by atoms with Crippen molar-refractivity contribution < 1.29 is 14.4 Å². The molecule has 2 saturated heterocycles. The average molecular weight is 321 g/mol. The summed E-state index contributed by atoms with van der Waals surface area (Å²) in [5, 5.41) is 10.6. The van der Waals surface area contributed by atoms with Crippen molar-refractivity contribution in [2.45, 2.75) is 44.3 Å². The second-order valence-corrected chi connectivity index (χ2v) is 6.14. The van der Waals surface area contributed by atoms with Gasteiger partial charge in [0.1, 0.15) is 0 Å². The topological polar surface area (TPSA) is 77.7 Å². The van der Waals surface area contributed by atoms with Gasteiger partial charge in [0, 0.05) is 25.8 Å². The molecular weight excluding hydrogens is 298 g/mol. The highest BCUT2D eigenvalue weighted by molar-refractivity contribution is 5.46. The zero-order chi connectivity index (χ0) is 16.1. The minimum absolute atomic E-state index is 0.112. The molecule has 0 radical (unpaired) electrons. The fourth-order valence-electron chi connectivity index (χ4n) is 3.14. The third-order valence-electron chi connectivity index (χ3n) is 4.52. The van der Waals surface area contributed by atoms with Crippen LogP contribution in [0, 0.1) is 10.1 Å². The summed E-state index contributed by atoms with van der Waals surface area (Å²) in [6, 6.07) is 3.22. The van der Waals surface area contributed by atoms with E-state index in [2.05, 4.69) is 9.88 Å². The number of piperidine rings is 1. The quantitative estimate of drug-likeness (QED) is 0.612. The number of nitrogens with zero attached hydrogens (tertiary/aromatic N) is 3. The Balaban J connectivity index is 1.43. The standard InChI is InChI=1S/C16H23N3O4/c20-19(21)16-5-4-13(11-17-16)18-8-6-14(7-9-18)23-12-15-3-1-2-10-22-15/h4-5,11,14-15H,1-3,6-10,12H2/t15-/m1/s1. The summed E-state index contributed by atoms with van der Waals surface area (Å²) in [5.41, 5.74) is 0.935. The first-order valence-electron chi connectivity index (χ1n) is 8.31. The highest BCUT2D eigenvalue weighted by Crippen LogP contribution is 2.23. The Morgan fingerprint density at radius 1 is 1.30 bits per heavy atom. The van der Waals surface area contributed by atoms with Crippen LogP contribution >= 0.6 is 0 Å². The van der Waals surface area contributed by atoms with Crippen molar-refractivity contribution in [3.05, 3.63) is 28.4 Å². The number of rotatable bonds is 5. The molecule has 1 aromatic heterocycles. The number of hydrogen-bond donors (Lipinski definition) is 0. The number of ether oxygens (including phenoxy) is 2. The largest absolute Gasteiger partial charge is 0.376 e. The maximum Gasteiger partial charge on any atom is 0.363 e. The molecule has 3 heterocycles. The fraction of sp³-hybridized carbons (Fsp3) is 0.688. The summed E-state index contributed by atoms with van der Waals surface area (Å²) in [7, 11) is 0. The van der Waals surface area contributed by atoms with E-state index >= 15 is 0 Å². The molecule has 0 spiro atoms. The Labute approximate surface area is 135 Å². The second kappa shape index (κ2) is 7.70. The number of pyridine rings is 1. The molecule has 3 rings (SSSR count). The van der Waals surface area contributed by atoms with Crippen molar-refractivity contribution in [2.75, 3.05) is 31.2 Å².